The Bertz CT molecular complexity index is 395. The minimum Gasteiger partial charge on any atom is -0.342 e. The van der Waals surface area contributed by atoms with Crippen molar-refractivity contribution in [3.8, 4) is 0 Å². The Morgan fingerprint density at radius 3 is 2.47 bits per heavy atom. The molecule has 0 saturated carbocycles. The maximum absolute atomic E-state index is 12.0. The average molecular weight is 290 g/mol. The zero-order valence-electron chi connectivity index (χ0n) is 12.3. The van der Waals surface area contributed by atoms with Crippen LogP contribution >= 0.6 is 0 Å². The van der Waals surface area contributed by atoms with E-state index >= 15 is 0 Å². The molecule has 1 unspecified atom stereocenters. The van der Waals surface area contributed by atoms with Crippen LogP contribution in [0.5, 0.6) is 0 Å². The SMILES string of the molecule is CCCCN(C)CCC(=O)N(C)C1CCS(=O)(=O)C1. The summed E-state index contributed by atoms with van der Waals surface area (Å²) >= 11 is 0. The second-order valence-electron chi connectivity index (χ2n) is 5.47. The van der Waals surface area contributed by atoms with Gasteiger partial charge in [-0.1, -0.05) is 13.3 Å². The monoisotopic (exact) mass is 290 g/mol. The molecule has 0 radical (unpaired) electrons. The summed E-state index contributed by atoms with van der Waals surface area (Å²) in [5, 5.41) is 0. The average Bonchev–Trinajstić information content (AvgIpc) is 2.72. The second-order valence-corrected chi connectivity index (χ2v) is 7.70. The van der Waals surface area contributed by atoms with Crippen LogP contribution < -0.4 is 0 Å². The first-order chi connectivity index (χ1) is 8.85. The van der Waals surface area contributed by atoms with Gasteiger partial charge in [-0.05, 0) is 26.4 Å². The van der Waals surface area contributed by atoms with Crippen molar-refractivity contribution in [1.82, 2.24) is 9.80 Å². The lowest BCUT2D eigenvalue weighted by Gasteiger charge is -2.24. The van der Waals surface area contributed by atoms with Gasteiger partial charge in [-0.2, -0.15) is 0 Å². The highest BCUT2D eigenvalue weighted by molar-refractivity contribution is 7.91. The molecule has 0 aromatic heterocycles. The maximum atomic E-state index is 12.0. The Hall–Kier alpha value is -0.620. The minimum atomic E-state index is -2.92. The van der Waals surface area contributed by atoms with E-state index in [0.29, 0.717) is 12.8 Å². The van der Waals surface area contributed by atoms with Gasteiger partial charge in [0.25, 0.3) is 0 Å². The molecule has 1 aliphatic rings. The largest absolute Gasteiger partial charge is 0.342 e. The highest BCUT2D eigenvalue weighted by atomic mass is 32.2. The molecular weight excluding hydrogens is 264 g/mol. The quantitative estimate of drug-likeness (QED) is 0.694. The number of unbranched alkanes of at least 4 members (excludes halogenated alkanes) is 1. The fourth-order valence-electron chi connectivity index (χ4n) is 2.29. The zero-order chi connectivity index (χ0) is 14.5. The molecule has 1 fully saturated rings. The first-order valence-electron chi connectivity index (χ1n) is 7.00. The van der Waals surface area contributed by atoms with Crippen LogP contribution in [-0.2, 0) is 14.6 Å². The summed E-state index contributed by atoms with van der Waals surface area (Å²) in [6, 6.07) is -0.126. The van der Waals surface area contributed by atoms with E-state index in [1.807, 2.05) is 7.05 Å². The van der Waals surface area contributed by atoms with Gasteiger partial charge in [0.15, 0.2) is 9.84 Å². The van der Waals surface area contributed by atoms with Gasteiger partial charge in [-0.25, -0.2) is 8.42 Å². The van der Waals surface area contributed by atoms with Crippen LogP contribution in [0.2, 0.25) is 0 Å². The van der Waals surface area contributed by atoms with E-state index in [1.165, 1.54) is 0 Å². The van der Waals surface area contributed by atoms with E-state index in [1.54, 1.807) is 11.9 Å². The summed E-state index contributed by atoms with van der Waals surface area (Å²) < 4.78 is 22.8. The number of hydrogen-bond acceptors (Lipinski definition) is 4. The van der Waals surface area contributed by atoms with Crippen molar-refractivity contribution in [3.05, 3.63) is 0 Å². The molecule has 19 heavy (non-hydrogen) atoms. The molecule has 1 rings (SSSR count). The van der Waals surface area contributed by atoms with E-state index in [9.17, 15) is 13.2 Å². The third-order valence-corrected chi connectivity index (χ3v) is 5.50. The van der Waals surface area contributed by atoms with Gasteiger partial charge in [0.1, 0.15) is 0 Å². The second kappa shape index (κ2) is 7.24. The molecule has 1 aliphatic heterocycles. The molecule has 1 amide bonds. The molecular formula is C13H26N2O3S. The summed E-state index contributed by atoms with van der Waals surface area (Å²) in [4.78, 5) is 15.8. The topological polar surface area (TPSA) is 57.7 Å². The van der Waals surface area contributed by atoms with E-state index in [2.05, 4.69) is 11.8 Å². The van der Waals surface area contributed by atoms with Gasteiger partial charge in [0.05, 0.1) is 11.5 Å². The first kappa shape index (κ1) is 16.4. The molecule has 5 nitrogen and oxygen atoms in total. The third kappa shape index (κ3) is 5.48. The minimum absolute atomic E-state index is 0.0467. The zero-order valence-corrected chi connectivity index (χ0v) is 13.1. The number of nitrogens with zero attached hydrogens (tertiary/aromatic N) is 2. The van der Waals surface area contributed by atoms with Crippen LogP contribution in [-0.4, -0.2) is 68.9 Å². The fraction of sp³-hybridized carbons (Fsp3) is 0.923. The highest BCUT2D eigenvalue weighted by Gasteiger charge is 2.32. The predicted octanol–water partition coefficient (Wildman–Crippen LogP) is 0.754. The Morgan fingerprint density at radius 1 is 1.26 bits per heavy atom. The van der Waals surface area contributed by atoms with Gasteiger partial charge < -0.3 is 9.80 Å². The highest BCUT2D eigenvalue weighted by Crippen LogP contribution is 2.17. The van der Waals surface area contributed by atoms with Crippen LogP contribution in [0.4, 0.5) is 0 Å². The number of carbonyl (C=O) groups is 1. The molecule has 6 heteroatoms. The van der Waals surface area contributed by atoms with Crippen LogP contribution in [0.1, 0.15) is 32.6 Å². The number of amides is 1. The maximum Gasteiger partial charge on any atom is 0.223 e. The van der Waals surface area contributed by atoms with Crippen LogP contribution in [0.15, 0.2) is 0 Å². The molecule has 112 valence electrons. The molecule has 0 aliphatic carbocycles. The first-order valence-corrected chi connectivity index (χ1v) is 8.82. The lowest BCUT2D eigenvalue weighted by Crippen LogP contribution is -2.39. The lowest BCUT2D eigenvalue weighted by molar-refractivity contribution is -0.131. The lowest BCUT2D eigenvalue weighted by atomic mass is 10.2. The van der Waals surface area contributed by atoms with Crippen molar-refractivity contribution < 1.29 is 13.2 Å². The normalized spacial score (nSPS) is 21.8. The van der Waals surface area contributed by atoms with Gasteiger partial charge in [-0.15, -0.1) is 0 Å². The molecule has 1 heterocycles. The molecule has 0 spiro atoms. The van der Waals surface area contributed by atoms with Gasteiger partial charge in [0.2, 0.25) is 5.91 Å². The van der Waals surface area contributed by atoms with E-state index in [4.69, 9.17) is 0 Å². The fourth-order valence-corrected chi connectivity index (χ4v) is 4.06. The molecule has 0 aromatic carbocycles. The van der Waals surface area contributed by atoms with Crippen molar-refractivity contribution in [1.29, 1.82) is 0 Å². The Morgan fingerprint density at radius 2 is 1.95 bits per heavy atom. The summed E-state index contributed by atoms with van der Waals surface area (Å²) in [5.41, 5.74) is 0. The van der Waals surface area contributed by atoms with Crippen LogP contribution in [0.25, 0.3) is 0 Å². The number of sulfone groups is 1. The van der Waals surface area contributed by atoms with Gasteiger partial charge >= 0.3 is 0 Å². The van der Waals surface area contributed by atoms with Crippen molar-refractivity contribution in [2.24, 2.45) is 0 Å². The van der Waals surface area contributed by atoms with Crippen LogP contribution in [0.3, 0.4) is 0 Å². The van der Waals surface area contributed by atoms with Crippen LogP contribution in [0, 0.1) is 0 Å². The van der Waals surface area contributed by atoms with Crippen molar-refractivity contribution in [3.63, 3.8) is 0 Å². The number of carbonyl (C=O) groups excluding carboxylic acids is 1. The summed E-state index contributed by atoms with van der Waals surface area (Å²) in [5.74, 6) is 0.387. The van der Waals surface area contributed by atoms with E-state index < -0.39 is 9.84 Å². The summed E-state index contributed by atoms with van der Waals surface area (Å²) in [7, 11) is 0.817. The van der Waals surface area contributed by atoms with Crippen molar-refractivity contribution in [2.75, 3.05) is 38.7 Å². The van der Waals surface area contributed by atoms with Crippen molar-refractivity contribution in [2.45, 2.75) is 38.6 Å². The van der Waals surface area contributed by atoms with Gasteiger partial charge in [0, 0.05) is 26.1 Å². The van der Waals surface area contributed by atoms with Gasteiger partial charge in [-0.3, -0.25) is 4.79 Å². The molecule has 0 bridgehead atoms. The number of rotatable bonds is 7. The molecule has 0 N–H and O–H groups in total. The Kier molecular flexibility index (Phi) is 6.26. The third-order valence-electron chi connectivity index (χ3n) is 3.75. The van der Waals surface area contributed by atoms with E-state index in [-0.39, 0.29) is 23.5 Å². The Balaban J connectivity index is 2.33. The summed E-state index contributed by atoms with van der Waals surface area (Å²) in [6.07, 6.45) is 3.34. The molecule has 0 aromatic rings. The standard InChI is InChI=1S/C13H26N2O3S/c1-4-5-8-14(2)9-6-13(16)15(3)12-7-10-19(17,18)11-12/h12H,4-11H2,1-3H3. The predicted molar refractivity (Wildman–Crippen MR) is 76.9 cm³/mol. The van der Waals surface area contributed by atoms with Crippen molar-refractivity contribution >= 4 is 15.7 Å². The smallest absolute Gasteiger partial charge is 0.223 e. The molecule has 1 saturated heterocycles. The Labute approximate surface area is 116 Å². The van der Waals surface area contributed by atoms with E-state index in [0.717, 1.165) is 25.9 Å². The number of hydrogen-bond donors (Lipinski definition) is 0. The summed E-state index contributed by atoms with van der Waals surface area (Å²) in [6.45, 7) is 3.89. The molecule has 1 atom stereocenters.